The van der Waals surface area contributed by atoms with Crippen LogP contribution in [0.15, 0.2) is 34.7 Å². The molecule has 1 N–H and O–H groups in total. The lowest BCUT2D eigenvalue weighted by Gasteiger charge is -2.15. The fourth-order valence-corrected chi connectivity index (χ4v) is 3.22. The van der Waals surface area contributed by atoms with Gasteiger partial charge in [0.1, 0.15) is 18.1 Å². The number of hydrogen-bond acceptors (Lipinski definition) is 3. The maximum atomic E-state index is 12.3. The van der Waals surface area contributed by atoms with Gasteiger partial charge in [0.2, 0.25) is 0 Å². The Labute approximate surface area is 149 Å². The first-order chi connectivity index (χ1) is 12.1. The zero-order valence-corrected chi connectivity index (χ0v) is 15.1. The smallest absolute Gasteiger partial charge is 0.287 e. The van der Waals surface area contributed by atoms with Crippen molar-refractivity contribution >= 4 is 5.91 Å². The largest absolute Gasteiger partial charge is 0.486 e. The van der Waals surface area contributed by atoms with Crippen molar-refractivity contribution in [3.63, 3.8) is 0 Å². The fraction of sp³-hybridized carbons (Fsp3) is 0.476. The minimum atomic E-state index is -0.121. The average Bonchev–Trinajstić information content (AvgIpc) is 2.93. The zero-order chi connectivity index (χ0) is 17.6. The van der Waals surface area contributed by atoms with E-state index in [9.17, 15) is 4.79 Å². The standard InChI is InChI=1S/C21H27NO3/c1-15-9-10-18(13-16(15)2)24-14-19-11-12-20(25-19)21(23)22-17-7-5-3-4-6-8-17/h9-13,17H,3-8,14H2,1-2H3,(H,22,23). The summed E-state index contributed by atoms with van der Waals surface area (Å²) in [5, 5.41) is 3.10. The molecule has 1 amide bonds. The topological polar surface area (TPSA) is 51.5 Å². The van der Waals surface area contributed by atoms with Crippen LogP contribution in [0.1, 0.15) is 66.0 Å². The van der Waals surface area contributed by atoms with Crippen LogP contribution >= 0.6 is 0 Å². The third-order valence-electron chi connectivity index (χ3n) is 4.94. The van der Waals surface area contributed by atoms with Gasteiger partial charge in [-0.1, -0.05) is 31.7 Å². The quantitative estimate of drug-likeness (QED) is 0.785. The molecule has 3 rings (SSSR count). The number of benzene rings is 1. The van der Waals surface area contributed by atoms with Crippen molar-refractivity contribution in [2.75, 3.05) is 0 Å². The van der Waals surface area contributed by atoms with Gasteiger partial charge in [-0.15, -0.1) is 0 Å². The summed E-state index contributed by atoms with van der Waals surface area (Å²) >= 11 is 0. The maximum absolute atomic E-state index is 12.3. The van der Waals surface area contributed by atoms with Gasteiger partial charge in [-0.25, -0.2) is 0 Å². The lowest BCUT2D eigenvalue weighted by molar-refractivity contribution is 0.0901. The Hall–Kier alpha value is -2.23. The molecule has 1 aliphatic rings. The maximum Gasteiger partial charge on any atom is 0.287 e. The van der Waals surface area contributed by atoms with E-state index >= 15 is 0 Å². The number of carbonyl (C=O) groups excluding carboxylic acids is 1. The monoisotopic (exact) mass is 341 g/mol. The molecule has 4 nitrogen and oxygen atoms in total. The highest BCUT2D eigenvalue weighted by Gasteiger charge is 2.18. The molecule has 0 unspecified atom stereocenters. The van der Waals surface area contributed by atoms with Crippen LogP contribution in [0.25, 0.3) is 0 Å². The molecule has 0 bridgehead atoms. The van der Waals surface area contributed by atoms with Crippen LogP contribution in [0, 0.1) is 13.8 Å². The summed E-state index contributed by atoms with van der Waals surface area (Å²) < 4.78 is 11.4. The highest BCUT2D eigenvalue weighted by molar-refractivity contribution is 5.91. The molecule has 0 spiro atoms. The second-order valence-corrected chi connectivity index (χ2v) is 6.96. The molecule has 0 atom stereocenters. The molecule has 4 heteroatoms. The van der Waals surface area contributed by atoms with Gasteiger partial charge < -0.3 is 14.5 Å². The van der Waals surface area contributed by atoms with E-state index in [1.807, 2.05) is 24.3 Å². The Morgan fingerprint density at radius 1 is 1.08 bits per heavy atom. The molecule has 1 aliphatic carbocycles. The van der Waals surface area contributed by atoms with Gasteiger partial charge in [-0.05, 0) is 62.1 Å². The molecule has 134 valence electrons. The fourth-order valence-electron chi connectivity index (χ4n) is 3.22. The predicted molar refractivity (Wildman–Crippen MR) is 97.9 cm³/mol. The van der Waals surface area contributed by atoms with Crippen LogP contribution in [0.4, 0.5) is 0 Å². The van der Waals surface area contributed by atoms with Crippen LogP contribution < -0.4 is 10.1 Å². The van der Waals surface area contributed by atoms with Crippen LogP contribution in [-0.2, 0) is 6.61 Å². The molecule has 1 fully saturated rings. The Balaban J connectivity index is 1.54. The summed E-state index contributed by atoms with van der Waals surface area (Å²) in [5.74, 6) is 1.71. The normalized spacial score (nSPS) is 15.6. The molecule has 0 radical (unpaired) electrons. The summed E-state index contributed by atoms with van der Waals surface area (Å²) in [6.45, 7) is 4.45. The van der Waals surface area contributed by atoms with Gasteiger partial charge in [0.15, 0.2) is 5.76 Å². The van der Waals surface area contributed by atoms with Crippen molar-refractivity contribution in [3.05, 3.63) is 53.0 Å². The van der Waals surface area contributed by atoms with E-state index < -0.39 is 0 Å². The summed E-state index contributed by atoms with van der Waals surface area (Å²) in [5.41, 5.74) is 2.43. The number of amides is 1. The average molecular weight is 341 g/mol. The Bertz CT molecular complexity index is 712. The van der Waals surface area contributed by atoms with Crippen LogP contribution in [0.2, 0.25) is 0 Å². The minimum absolute atomic E-state index is 0.121. The number of aryl methyl sites for hydroxylation is 2. The van der Waals surface area contributed by atoms with E-state index in [1.54, 1.807) is 6.07 Å². The van der Waals surface area contributed by atoms with Gasteiger partial charge in [0, 0.05) is 6.04 Å². The van der Waals surface area contributed by atoms with Gasteiger partial charge in [-0.2, -0.15) is 0 Å². The Morgan fingerprint density at radius 3 is 2.56 bits per heavy atom. The predicted octanol–water partition coefficient (Wildman–Crippen LogP) is 4.93. The molecule has 1 heterocycles. The number of carbonyl (C=O) groups is 1. The van der Waals surface area contributed by atoms with E-state index in [-0.39, 0.29) is 11.9 Å². The number of nitrogens with one attached hydrogen (secondary N) is 1. The summed E-state index contributed by atoms with van der Waals surface area (Å²) in [7, 11) is 0. The molecular weight excluding hydrogens is 314 g/mol. The van der Waals surface area contributed by atoms with Gasteiger partial charge in [0.05, 0.1) is 0 Å². The van der Waals surface area contributed by atoms with E-state index in [0.29, 0.717) is 18.1 Å². The molecule has 1 saturated carbocycles. The number of furan rings is 1. The SMILES string of the molecule is Cc1ccc(OCc2ccc(C(=O)NC3CCCCCC3)o2)cc1C. The summed E-state index contributed by atoms with van der Waals surface area (Å²) in [6.07, 6.45) is 7.06. The first kappa shape index (κ1) is 17.6. The highest BCUT2D eigenvalue weighted by atomic mass is 16.5. The van der Waals surface area contributed by atoms with Crippen LogP contribution in [0.5, 0.6) is 5.75 Å². The van der Waals surface area contributed by atoms with Crippen molar-refractivity contribution in [2.45, 2.75) is 65.0 Å². The van der Waals surface area contributed by atoms with Crippen LogP contribution in [0.3, 0.4) is 0 Å². The van der Waals surface area contributed by atoms with E-state index in [0.717, 1.165) is 18.6 Å². The molecule has 1 aromatic carbocycles. The van der Waals surface area contributed by atoms with Crippen molar-refractivity contribution in [1.82, 2.24) is 5.32 Å². The van der Waals surface area contributed by atoms with Gasteiger partial charge in [-0.3, -0.25) is 4.79 Å². The molecule has 1 aromatic heterocycles. The molecule has 2 aromatic rings. The lowest BCUT2D eigenvalue weighted by atomic mass is 10.1. The van der Waals surface area contributed by atoms with E-state index in [4.69, 9.17) is 9.15 Å². The third kappa shape index (κ3) is 4.88. The third-order valence-corrected chi connectivity index (χ3v) is 4.94. The Kier molecular flexibility index (Phi) is 5.79. The number of rotatable bonds is 5. The molecule has 0 aliphatic heterocycles. The first-order valence-corrected chi connectivity index (χ1v) is 9.21. The van der Waals surface area contributed by atoms with E-state index in [2.05, 4.69) is 19.2 Å². The van der Waals surface area contributed by atoms with Crippen LogP contribution in [-0.4, -0.2) is 11.9 Å². The summed E-state index contributed by atoms with van der Waals surface area (Å²) in [4.78, 5) is 12.3. The molecule has 25 heavy (non-hydrogen) atoms. The van der Waals surface area contributed by atoms with Crippen molar-refractivity contribution in [3.8, 4) is 5.75 Å². The molecule has 0 saturated heterocycles. The van der Waals surface area contributed by atoms with Gasteiger partial charge >= 0.3 is 0 Å². The molecular formula is C21H27NO3. The first-order valence-electron chi connectivity index (χ1n) is 9.21. The number of hydrogen-bond donors (Lipinski definition) is 1. The Morgan fingerprint density at radius 2 is 1.84 bits per heavy atom. The zero-order valence-electron chi connectivity index (χ0n) is 15.1. The number of ether oxygens (including phenoxy) is 1. The van der Waals surface area contributed by atoms with Crippen molar-refractivity contribution < 1.29 is 13.9 Å². The second kappa shape index (κ2) is 8.24. The van der Waals surface area contributed by atoms with E-state index in [1.165, 1.54) is 36.8 Å². The summed E-state index contributed by atoms with van der Waals surface area (Å²) in [6, 6.07) is 9.81. The minimum Gasteiger partial charge on any atom is -0.486 e. The van der Waals surface area contributed by atoms with Crippen molar-refractivity contribution in [1.29, 1.82) is 0 Å². The van der Waals surface area contributed by atoms with Gasteiger partial charge in [0.25, 0.3) is 5.91 Å². The highest BCUT2D eigenvalue weighted by Crippen LogP contribution is 2.20. The second-order valence-electron chi connectivity index (χ2n) is 6.96. The van der Waals surface area contributed by atoms with Crippen molar-refractivity contribution in [2.24, 2.45) is 0 Å². The lowest BCUT2D eigenvalue weighted by Crippen LogP contribution is -2.34.